The van der Waals surface area contributed by atoms with Crippen LogP contribution in [-0.4, -0.2) is 59.0 Å². The predicted molar refractivity (Wildman–Crippen MR) is 107 cm³/mol. The van der Waals surface area contributed by atoms with Crippen LogP contribution in [0.5, 0.6) is 0 Å². The van der Waals surface area contributed by atoms with Crippen LogP contribution in [0.3, 0.4) is 0 Å². The molecule has 0 radical (unpaired) electrons. The summed E-state index contributed by atoms with van der Waals surface area (Å²) in [6, 6.07) is 11.0. The third-order valence-electron chi connectivity index (χ3n) is 4.38. The fourth-order valence-electron chi connectivity index (χ4n) is 3.16. The fourth-order valence-corrected chi connectivity index (χ4v) is 6.94. The summed E-state index contributed by atoms with van der Waals surface area (Å²) in [6.07, 6.45) is 0. The van der Waals surface area contributed by atoms with Crippen molar-refractivity contribution in [2.24, 2.45) is 4.99 Å². The van der Waals surface area contributed by atoms with Gasteiger partial charge in [0.1, 0.15) is 6.54 Å². The number of H-pyrrole nitrogens is 1. The van der Waals surface area contributed by atoms with E-state index in [1.165, 1.54) is 11.8 Å². The molecule has 8 nitrogen and oxygen atoms in total. The van der Waals surface area contributed by atoms with Crippen LogP contribution in [-0.2, 0) is 14.6 Å². The Bertz CT molecular complexity index is 987. The van der Waals surface area contributed by atoms with Crippen LogP contribution >= 0.6 is 11.8 Å². The van der Waals surface area contributed by atoms with Gasteiger partial charge in [0.15, 0.2) is 20.8 Å². The second-order valence-electron chi connectivity index (χ2n) is 6.62. The van der Waals surface area contributed by atoms with Crippen molar-refractivity contribution in [3.8, 4) is 0 Å². The van der Waals surface area contributed by atoms with E-state index in [9.17, 15) is 13.2 Å². The maximum Gasteiger partial charge on any atom is 0.245 e. The number of sulfone groups is 1. The summed E-state index contributed by atoms with van der Waals surface area (Å²) in [5.41, 5.74) is 1.69. The Morgan fingerprint density at radius 3 is 2.78 bits per heavy atom. The molecule has 1 fully saturated rings. The first-order valence-electron chi connectivity index (χ1n) is 8.49. The molecule has 2 aromatic rings. The number of hydrogen-bond acceptors (Lipinski definition) is 7. The molecule has 0 aliphatic carbocycles. The van der Waals surface area contributed by atoms with Gasteiger partial charge in [-0.15, -0.1) is 0 Å². The lowest BCUT2D eigenvalue weighted by Crippen LogP contribution is -2.36. The number of para-hydroxylation sites is 1. The number of anilines is 2. The largest absolute Gasteiger partial charge is 0.312 e. The van der Waals surface area contributed by atoms with Gasteiger partial charge in [-0.2, -0.15) is 5.10 Å². The molecule has 1 saturated heterocycles. The Labute approximate surface area is 161 Å². The van der Waals surface area contributed by atoms with Gasteiger partial charge in [0.25, 0.3) is 0 Å². The van der Waals surface area contributed by atoms with Gasteiger partial charge in [0, 0.05) is 22.7 Å². The third-order valence-corrected chi connectivity index (χ3v) is 7.63. The lowest BCUT2D eigenvalue weighted by atomic mass is 10.3. The number of aromatic nitrogens is 2. The fraction of sp³-hybridized carbons (Fsp3) is 0.353. The van der Waals surface area contributed by atoms with Gasteiger partial charge >= 0.3 is 0 Å². The van der Waals surface area contributed by atoms with Gasteiger partial charge in [0.05, 0.1) is 17.5 Å². The van der Waals surface area contributed by atoms with Crippen molar-refractivity contribution < 1.29 is 13.2 Å². The van der Waals surface area contributed by atoms with E-state index in [0.717, 1.165) is 11.4 Å². The molecule has 3 heterocycles. The first kappa shape index (κ1) is 18.1. The summed E-state index contributed by atoms with van der Waals surface area (Å²) in [6.45, 7) is 1.92. The Kier molecular flexibility index (Phi) is 4.68. The van der Waals surface area contributed by atoms with Crippen LogP contribution in [0.15, 0.2) is 41.4 Å². The summed E-state index contributed by atoms with van der Waals surface area (Å²) >= 11 is 1.43. The van der Waals surface area contributed by atoms with Crippen LogP contribution in [0.25, 0.3) is 0 Å². The summed E-state index contributed by atoms with van der Waals surface area (Å²) in [7, 11) is -3.02. The Morgan fingerprint density at radius 1 is 1.33 bits per heavy atom. The number of hydrogen-bond donors (Lipinski definition) is 2. The number of amides is 1. The Balaban J connectivity index is 1.54. The second-order valence-corrected chi connectivity index (χ2v) is 9.98. The summed E-state index contributed by atoms with van der Waals surface area (Å²) in [5, 5.41) is 10.2. The minimum Gasteiger partial charge on any atom is -0.312 e. The Morgan fingerprint density at radius 2 is 2.11 bits per heavy atom. The maximum atomic E-state index is 12.5. The van der Waals surface area contributed by atoms with Crippen molar-refractivity contribution in [2.75, 3.05) is 28.3 Å². The molecule has 0 saturated carbocycles. The van der Waals surface area contributed by atoms with Crippen LogP contribution in [0.1, 0.15) is 5.69 Å². The third kappa shape index (κ3) is 4.01. The van der Waals surface area contributed by atoms with Crippen molar-refractivity contribution >= 4 is 44.2 Å². The molecule has 142 valence electrons. The minimum absolute atomic E-state index is 0.0634. The first-order chi connectivity index (χ1) is 12.9. The monoisotopic (exact) mass is 405 g/mol. The van der Waals surface area contributed by atoms with E-state index in [-0.39, 0.29) is 35.2 Å². The van der Waals surface area contributed by atoms with E-state index in [4.69, 9.17) is 0 Å². The number of aromatic amines is 1. The molecule has 10 heteroatoms. The summed E-state index contributed by atoms with van der Waals surface area (Å²) < 4.78 is 23.6. The molecule has 4 rings (SSSR count). The van der Waals surface area contributed by atoms with E-state index in [0.29, 0.717) is 11.0 Å². The van der Waals surface area contributed by atoms with Gasteiger partial charge in [-0.25, -0.2) is 8.42 Å². The molecule has 1 amide bonds. The Hall–Kier alpha value is -2.33. The van der Waals surface area contributed by atoms with Gasteiger partial charge in [-0.05, 0) is 19.1 Å². The van der Waals surface area contributed by atoms with Crippen LogP contribution < -0.4 is 10.2 Å². The van der Waals surface area contributed by atoms with Crippen molar-refractivity contribution in [1.82, 2.24) is 10.2 Å². The quantitative estimate of drug-likeness (QED) is 0.797. The standard InChI is InChI=1S/C17H19N5O3S2/c1-11-7-15(21-20-11)19-16(23)8-22(12-5-3-2-4-6-12)17-18-13-9-27(24,25)10-14(13)26-17/h2-7,13-14H,8-10H2,1H3,(H2,19,20,21,23)/t13-,14+/m1/s1. The van der Waals surface area contributed by atoms with Crippen LogP contribution in [0, 0.1) is 6.92 Å². The van der Waals surface area contributed by atoms with E-state index >= 15 is 0 Å². The van der Waals surface area contributed by atoms with Crippen molar-refractivity contribution in [1.29, 1.82) is 0 Å². The van der Waals surface area contributed by atoms with Crippen LogP contribution in [0.2, 0.25) is 0 Å². The lowest BCUT2D eigenvalue weighted by molar-refractivity contribution is -0.114. The smallest absolute Gasteiger partial charge is 0.245 e. The second kappa shape index (κ2) is 7.01. The molecule has 2 aliphatic rings. The highest BCUT2D eigenvalue weighted by atomic mass is 32.2. The number of amidine groups is 1. The van der Waals surface area contributed by atoms with Crippen LogP contribution in [0.4, 0.5) is 11.5 Å². The van der Waals surface area contributed by atoms with Crippen molar-refractivity contribution in [2.45, 2.75) is 18.2 Å². The van der Waals surface area contributed by atoms with Crippen molar-refractivity contribution in [3.63, 3.8) is 0 Å². The molecule has 0 bridgehead atoms. The number of aryl methyl sites for hydroxylation is 1. The maximum absolute atomic E-state index is 12.5. The first-order valence-corrected chi connectivity index (χ1v) is 11.2. The average Bonchev–Trinajstić information content (AvgIpc) is 3.26. The highest BCUT2D eigenvalue weighted by Gasteiger charge is 2.44. The molecule has 1 aromatic carbocycles. The molecule has 2 aliphatic heterocycles. The zero-order valence-electron chi connectivity index (χ0n) is 14.6. The number of benzene rings is 1. The van der Waals surface area contributed by atoms with E-state index < -0.39 is 9.84 Å². The minimum atomic E-state index is -3.02. The topological polar surface area (TPSA) is 108 Å². The summed E-state index contributed by atoms with van der Waals surface area (Å²) in [4.78, 5) is 19.0. The number of carbonyl (C=O) groups is 1. The predicted octanol–water partition coefficient (Wildman–Crippen LogP) is 1.43. The average molecular weight is 406 g/mol. The normalized spacial score (nSPS) is 22.9. The number of thioether (sulfide) groups is 1. The zero-order valence-corrected chi connectivity index (χ0v) is 16.3. The molecule has 1 aromatic heterocycles. The number of rotatable bonds is 4. The molecule has 2 N–H and O–H groups in total. The van der Waals surface area contributed by atoms with Gasteiger partial charge in [-0.1, -0.05) is 30.0 Å². The zero-order chi connectivity index (χ0) is 19.0. The molecule has 0 spiro atoms. The number of nitrogens with one attached hydrogen (secondary N) is 2. The van der Waals surface area contributed by atoms with Gasteiger partial charge in [0.2, 0.25) is 5.91 Å². The van der Waals surface area contributed by atoms with Gasteiger partial charge < -0.3 is 10.2 Å². The number of carbonyl (C=O) groups excluding carboxylic acids is 1. The molecular weight excluding hydrogens is 386 g/mol. The van der Waals surface area contributed by atoms with E-state index in [1.54, 1.807) is 6.07 Å². The molecular formula is C17H19N5O3S2. The number of fused-ring (bicyclic) bond motifs is 1. The SMILES string of the molecule is Cc1cc(NC(=O)CN(C2=N[C@@H]3CS(=O)(=O)C[C@@H]3S2)c2ccccc2)n[nH]1. The lowest BCUT2D eigenvalue weighted by Gasteiger charge is -2.23. The number of aliphatic imine (C=N–C) groups is 1. The van der Waals surface area contributed by atoms with Crippen molar-refractivity contribution in [3.05, 3.63) is 42.1 Å². The highest BCUT2D eigenvalue weighted by Crippen LogP contribution is 2.36. The molecule has 0 unspecified atom stereocenters. The van der Waals surface area contributed by atoms with Gasteiger partial charge in [-0.3, -0.25) is 14.9 Å². The molecule has 2 atom stereocenters. The summed E-state index contributed by atoms with van der Waals surface area (Å²) in [5.74, 6) is 0.458. The van der Waals surface area contributed by atoms with E-state index in [2.05, 4.69) is 20.5 Å². The molecule has 27 heavy (non-hydrogen) atoms. The highest BCUT2D eigenvalue weighted by molar-refractivity contribution is 8.15. The number of nitrogens with zero attached hydrogens (tertiary/aromatic N) is 3. The van der Waals surface area contributed by atoms with E-state index in [1.807, 2.05) is 42.2 Å².